The smallest absolute Gasteiger partial charge is 0.462 e. The third-order valence-electron chi connectivity index (χ3n) is 16.8. The zero-order chi connectivity index (χ0) is 67.0. The molecule has 540 valence electrons. The van der Waals surface area contributed by atoms with Gasteiger partial charge in [-0.2, -0.15) is 0 Å². The summed E-state index contributed by atoms with van der Waals surface area (Å²) < 4.78 is 68.3. The summed E-state index contributed by atoms with van der Waals surface area (Å²) in [5.74, 6) is -1.38. The number of phosphoric acid groups is 2. The van der Waals surface area contributed by atoms with Crippen LogP contribution in [0.5, 0.6) is 0 Å². The Balaban J connectivity index is 5.17. The molecular weight excluding hydrogens is 1200 g/mol. The van der Waals surface area contributed by atoms with Gasteiger partial charge >= 0.3 is 39.5 Å². The van der Waals surface area contributed by atoms with Crippen LogP contribution in [0, 0.1) is 5.92 Å². The summed E-state index contributed by atoms with van der Waals surface area (Å²) in [6.07, 6.45) is 52.8. The first-order valence-electron chi connectivity index (χ1n) is 37.6. The Labute approximate surface area is 556 Å². The monoisotopic (exact) mass is 1340 g/mol. The molecule has 5 atom stereocenters. The molecule has 0 fully saturated rings. The summed E-state index contributed by atoms with van der Waals surface area (Å²) >= 11 is 0. The number of hydrogen-bond acceptors (Lipinski definition) is 15. The van der Waals surface area contributed by atoms with Crippen LogP contribution >= 0.6 is 15.6 Å². The number of unbranched alkanes of at least 4 members (excludes halogenated alkanes) is 44. The second kappa shape index (κ2) is 65.4. The number of esters is 4. The predicted molar refractivity (Wildman–Crippen MR) is 368 cm³/mol. The fraction of sp³-hybridized carbons (Fsp3) is 0.944. The Kier molecular flexibility index (Phi) is 64.0. The van der Waals surface area contributed by atoms with Crippen LogP contribution < -0.4 is 0 Å². The number of ether oxygens (including phenoxy) is 4. The van der Waals surface area contributed by atoms with Gasteiger partial charge in [0.1, 0.15) is 19.3 Å². The summed E-state index contributed by atoms with van der Waals surface area (Å²) in [4.78, 5) is 72.5. The fourth-order valence-corrected chi connectivity index (χ4v) is 12.6. The van der Waals surface area contributed by atoms with Gasteiger partial charge in [0.15, 0.2) is 12.2 Å². The van der Waals surface area contributed by atoms with E-state index in [0.717, 1.165) is 102 Å². The minimum atomic E-state index is -4.95. The Morgan fingerprint density at radius 1 is 0.297 bits per heavy atom. The molecule has 0 heterocycles. The summed E-state index contributed by atoms with van der Waals surface area (Å²) in [5, 5.41) is 10.6. The third kappa shape index (κ3) is 66.5. The molecule has 0 aromatic heterocycles. The van der Waals surface area contributed by atoms with E-state index in [1.54, 1.807) is 0 Å². The molecule has 0 aromatic rings. The first kappa shape index (κ1) is 89.1. The molecule has 0 radical (unpaired) electrons. The lowest BCUT2D eigenvalue weighted by molar-refractivity contribution is -0.161. The molecule has 0 aliphatic carbocycles. The topological polar surface area (TPSA) is 237 Å². The maximum absolute atomic E-state index is 13.0. The standard InChI is InChI=1S/C72H140O17P2/c1-6-9-12-15-18-21-23-24-25-26-27-28-29-30-31-33-37-43-48-53-58-72(77)89-68(62-83-70(75)56-51-46-41-38-34-35-39-44-49-54-65(4)5)64-87-91(80,81)85-60-66(73)59-84-90(78,79)86-63-67(61-82-69(74)55-50-45-40-20-17-14-11-8-3)88-71(76)57-52-47-42-36-32-22-19-16-13-10-7-2/h65-68,73H,6-64H2,1-5H3,(H,78,79)(H,80,81)/t66-,67+,68+/m0/s1. The largest absolute Gasteiger partial charge is 0.472 e. The summed E-state index contributed by atoms with van der Waals surface area (Å²) in [5.41, 5.74) is 0. The van der Waals surface area contributed by atoms with Crippen molar-refractivity contribution in [2.24, 2.45) is 5.92 Å². The van der Waals surface area contributed by atoms with Crippen molar-refractivity contribution in [3.05, 3.63) is 0 Å². The summed E-state index contributed by atoms with van der Waals surface area (Å²) in [6, 6.07) is 0. The number of hydrogen-bond donors (Lipinski definition) is 3. The van der Waals surface area contributed by atoms with Crippen molar-refractivity contribution < 1.29 is 80.2 Å². The lowest BCUT2D eigenvalue weighted by atomic mass is 10.0. The van der Waals surface area contributed by atoms with E-state index in [4.69, 9.17) is 37.0 Å². The predicted octanol–water partition coefficient (Wildman–Crippen LogP) is 20.9. The molecule has 0 saturated carbocycles. The highest BCUT2D eigenvalue weighted by molar-refractivity contribution is 7.47. The molecular formula is C72H140O17P2. The first-order chi connectivity index (χ1) is 44.0. The minimum absolute atomic E-state index is 0.107. The lowest BCUT2D eigenvalue weighted by Gasteiger charge is -2.21. The van der Waals surface area contributed by atoms with Crippen LogP contribution in [0.3, 0.4) is 0 Å². The number of carbonyl (C=O) groups is 4. The normalized spacial score (nSPS) is 14.0. The zero-order valence-corrected chi connectivity index (χ0v) is 60.8. The van der Waals surface area contributed by atoms with Gasteiger partial charge in [-0.15, -0.1) is 0 Å². The van der Waals surface area contributed by atoms with Crippen LogP contribution in [0.25, 0.3) is 0 Å². The molecule has 0 aliphatic rings. The van der Waals surface area contributed by atoms with E-state index in [-0.39, 0.29) is 25.7 Å². The highest BCUT2D eigenvalue weighted by Crippen LogP contribution is 2.45. The molecule has 3 N–H and O–H groups in total. The molecule has 0 aromatic carbocycles. The molecule has 19 heteroatoms. The number of aliphatic hydroxyl groups excluding tert-OH is 1. The number of aliphatic hydroxyl groups is 1. The minimum Gasteiger partial charge on any atom is -0.462 e. The molecule has 0 saturated heterocycles. The van der Waals surface area contributed by atoms with Crippen LogP contribution in [-0.4, -0.2) is 96.7 Å². The second-order valence-electron chi connectivity index (χ2n) is 26.5. The van der Waals surface area contributed by atoms with Crippen molar-refractivity contribution >= 4 is 39.5 Å². The molecule has 0 aliphatic heterocycles. The van der Waals surface area contributed by atoms with E-state index in [9.17, 15) is 43.2 Å². The summed E-state index contributed by atoms with van der Waals surface area (Å²) in [7, 11) is -9.90. The van der Waals surface area contributed by atoms with Gasteiger partial charge in [-0.1, -0.05) is 324 Å². The van der Waals surface area contributed by atoms with Gasteiger partial charge in [-0.05, 0) is 31.6 Å². The lowest BCUT2D eigenvalue weighted by Crippen LogP contribution is -2.30. The molecule has 0 bridgehead atoms. The van der Waals surface area contributed by atoms with Crippen molar-refractivity contribution in [2.75, 3.05) is 39.6 Å². The van der Waals surface area contributed by atoms with Crippen molar-refractivity contribution in [2.45, 2.75) is 393 Å². The van der Waals surface area contributed by atoms with Crippen LogP contribution in [0.2, 0.25) is 0 Å². The van der Waals surface area contributed by atoms with Crippen LogP contribution in [-0.2, 0) is 65.4 Å². The highest BCUT2D eigenvalue weighted by atomic mass is 31.2. The van der Waals surface area contributed by atoms with Gasteiger partial charge in [0.05, 0.1) is 26.4 Å². The Morgan fingerprint density at radius 2 is 0.505 bits per heavy atom. The van der Waals surface area contributed by atoms with Crippen LogP contribution in [0.4, 0.5) is 0 Å². The van der Waals surface area contributed by atoms with E-state index in [0.29, 0.717) is 25.7 Å². The molecule has 91 heavy (non-hydrogen) atoms. The van der Waals surface area contributed by atoms with Crippen molar-refractivity contribution in [1.82, 2.24) is 0 Å². The average Bonchev–Trinajstić information content (AvgIpc) is 2.77. The molecule has 2 unspecified atom stereocenters. The van der Waals surface area contributed by atoms with Gasteiger partial charge in [0.25, 0.3) is 0 Å². The fourth-order valence-electron chi connectivity index (χ4n) is 11.0. The Bertz CT molecular complexity index is 1750. The number of carbonyl (C=O) groups excluding carboxylic acids is 4. The maximum Gasteiger partial charge on any atom is 0.472 e. The van der Waals surface area contributed by atoms with E-state index < -0.39 is 97.5 Å². The van der Waals surface area contributed by atoms with Gasteiger partial charge in [-0.25, -0.2) is 9.13 Å². The second-order valence-corrected chi connectivity index (χ2v) is 29.4. The third-order valence-corrected chi connectivity index (χ3v) is 18.7. The molecule has 17 nitrogen and oxygen atoms in total. The Hall–Kier alpha value is -1.94. The number of rotatable bonds is 72. The van der Waals surface area contributed by atoms with Crippen molar-refractivity contribution in [1.29, 1.82) is 0 Å². The van der Waals surface area contributed by atoms with E-state index >= 15 is 0 Å². The van der Waals surface area contributed by atoms with Crippen LogP contribution in [0.15, 0.2) is 0 Å². The highest BCUT2D eigenvalue weighted by Gasteiger charge is 2.30. The number of phosphoric ester groups is 2. The SMILES string of the molecule is CCCCCCCCCCCCCCCCCCCCCCC(=O)O[C@H](COC(=O)CCCCCCCCCCCC(C)C)COP(=O)(O)OC[C@@H](O)COP(=O)(O)OC[C@@H](COC(=O)CCCCCCCCCC)OC(=O)CCCCCCCCCCCCC. The van der Waals surface area contributed by atoms with Gasteiger partial charge in [0.2, 0.25) is 0 Å². The average molecular weight is 1340 g/mol. The summed E-state index contributed by atoms with van der Waals surface area (Å²) in [6.45, 7) is 7.21. The maximum atomic E-state index is 13.0. The zero-order valence-electron chi connectivity index (χ0n) is 59.0. The van der Waals surface area contributed by atoms with Crippen LogP contribution in [0.1, 0.15) is 375 Å². The van der Waals surface area contributed by atoms with Crippen molar-refractivity contribution in [3.63, 3.8) is 0 Å². The molecule has 0 amide bonds. The van der Waals surface area contributed by atoms with Gasteiger partial charge in [-0.3, -0.25) is 37.3 Å². The molecule has 0 spiro atoms. The van der Waals surface area contributed by atoms with Crippen molar-refractivity contribution in [3.8, 4) is 0 Å². The van der Waals surface area contributed by atoms with E-state index in [2.05, 4.69) is 34.6 Å². The van der Waals surface area contributed by atoms with Gasteiger partial charge in [0, 0.05) is 25.7 Å². The van der Waals surface area contributed by atoms with E-state index in [1.165, 1.54) is 193 Å². The first-order valence-corrected chi connectivity index (χ1v) is 40.6. The Morgan fingerprint density at radius 3 is 0.747 bits per heavy atom. The van der Waals surface area contributed by atoms with E-state index in [1.807, 2.05) is 0 Å². The molecule has 0 rings (SSSR count). The quantitative estimate of drug-likeness (QED) is 0.0222. The van der Waals surface area contributed by atoms with Gasteiger partial charge < -0.3 is 33.8 Å².